The van der Waals surface area contributed by atoms with E-state index in [4.69, 9.17) is 33.8 Å². The van der Waals surface area contributed by atoms with Crippen LogP contribution in [0.1, 0.15) is 60.8 Å². The molecule has 2 atom stereocenters. The molecule has 0 N–H and O–H groups in total. The molecule has 0 aliphatic heterocycles. The summed E-state index contributed by atoms with van der Waals surface area (Å²) in [5, 5.41) is 4.95. The van der Waals surface area contributed by atoms with E-state index in [0.29, 0.717) is 19.8 Å². The van der Waals surface area contributed by atoms with Gasteiger partial charge < -0.3 is 18.9 Å². The first kappa shape index (κ1) is 23.7. The van der Waals surface area contributed by atoms with Crippen LogP contribution in [0.15, 0.2) is 0 Å². The molecular formula is C17H36O7. The van der Waals surface area contributed by atoms with Gasteiger partial charge in [0.1, 0.15) is 0 Å². The monoisotopic (exact) mass is 352 g/mol. The third kappa shape index (κ3) is 7.74. The lowest BCUT2D eigenvalue weighted by Crippen LogP contribution is -2.62. The number of methoxy groups -OCH3 is 1. The summed E-state index contributed by atoms with van der Waals surface area (Å²) in [6, 6.07) is 0. The minimum atomic E-state index is -1.48. The number of hydrogen-bond acceptors (Lipinski definition) is 7. The average Bonchev–Trinajstić information content (AvgIpc) is 2.52. The van der Waals surface area contributed by atoms with E-state index < -0.39 is 11.6 Å². The summed E-state index contributed by atoms with van der Waals surface area (Å²) in [5.41, 5.74) is -1.19. The lowest BCUT2D eigenvalue weighted by atomic mass is 10.0. The van der Waals surface area contributed by atoms with E-state index in [9.17, 15) is 0 Å². The van der Waals surface area contributed by atoms with Crippen molar-refractivity contribution in [1.29, 1.82) is 0 Å². The summed E-state index contributed by atoms with van der Waals surface area (Å²) in [7, 11) is 1.56. The summed E-state index contributed by atoms with van der Waals surface area (Å²) in [6.07, 6.45) is 2.51. The summed E-state index contributed by atoms with van der Waals surface area (Å²) in [4.78, 5) is 10.6. The zero-order chi connectivity index (χ0) is 18.5. The maximum atomic E-state index is 5.99. The number of ether oxygens (including phenoxy) is 4. The number of hydrogen-bond donors (Lipinski definition) is 0. The molecule has 0 aromatic rings. The van der Waals surface area contributed by atoms with E-state index in [1.807, 2.05) is 27.7 Å². The second kappa shape index (κ2) is 13.0. The molecule has 24 heavy (non-hydrogen) atoms. The number of unbranched alkanes of at least 4 members (excludes halogenated alkanes) is 1. The minimum absolute atomic E-state index is 0.126. The standard InChI is InChI=1S/C17H36O7/c1-8-11-13-21-24-23-16(6,14-18-7)17(19-10-3,20-12-9-2)22-15(4)5/h15H,8-14H2,1-7H3. The van der Waals surface area contributed by atoms with Gasteiger partial charge in [0.2, 0.25) is 5.60 Å². The molecule has 0 saturated carbocycles. The molecule has 146 valence electrons. The Morgan fingerprint density at radius 2 is 1.67 bits per heavy atom. The summed E-state index contributed by atoms with van der Waals surface area (Å²) in [6.45, 7) is 12.8. The van der Waals surface area contributed by atoms with Crippen molar-refractivity contribution in [2.24, 2.45) is 0 Å². The van der Waals surface area contributed by atoms with Gasteiger partial charge in [0, 0.05) is 13.7 Å². The van der Waals surface area contributed by atoms with Gasteiger partial charge in [-0.1, -0.05) is 25.3 Å². The Morgan fingerprint density at radius 3 is 2.17 bits per heavy atom. The van der Waals surface area contributed by atoms with Crippen molar-refractivity contribution in [3.05, 3.63) is 0 Å². The number of rotatable bonds is 16. The van der Waals surface area contributed by atoms with Crippen LogP contribution in [0, 0.1) is 0 Å². The zero-order valence-corrected chi connectivity index (χ0v) is 16.4. The van der Waals surface area contributed by atoms with Crippen LogP contribution in [0.2, 0.25) is 0 Å². The van der Waals surface area contributed by atoms with Crippen molar-refractivity contribution in [2.75, 3.05) is 33.5 Å². The van der Waals surface area contributed by atoms with Gasteiger partial charge in [0.25, 0.3) is 0 Å². The van der Waals surface area contributed by atoms with E-state index in [1.54, 1.807) is 14.0 Å². The van der Waals surface area contributed by atoms with Crippen molar-refractivity contribution < 1.29 is 33.8 Å². The quantitative estimate of drug-likeness (QED) is 0.182. The first-order chi connectivity index (χ1) is 11.4. The highest BCUT2D eigenvalue weighted by molar-refractivity contribution is 4.87. The fraction of sp³-hybridized carbons (Fsp3) is 1.00. The largest absolute Gasteiger partial charge is 0.381 e. The highest BCUT2D eigenvalue weighted by Gasteiger charge is 2.56. The van der Waals surface area contributed by atoms with Crippen molar-refractivity contribution in [3.63, 3.8) is 0 Å². The van der Waals surface area contributed by atoms with Crippen molar-refractivity contribution in [3.8, 4) is 0 Å². The highest BCUT2D eigenvalue weighted by Crippen LogP contribution is 2.35. The summed E-state index contributed by atoms with van der Waals surface area (Å²) < 4.78 is 23.1. The van der Waals surface area contributed by atoms with E-state index in [2.05, 4.69) is 6.92 Å². The van der Waals surface area contributed by atoms with Gasteiger partial charge in [-0.2, -0.15) is 4.89 Å². The Balaban J connectivity index is 5.28. The molecule has 7 heteroatoms. The van der Waals surface area contributed by atoms with Crippen molar-refractivity contribution >= 4 is 0 Å². The van der Waals surface area contributed by atoms with E-state index in [0.717, 1.165) is 19.3 Å². The average molecular weight is 352 g/mol. The third-order valence-corrected chi connectivity index (χ3v) is 3.14. The second-order valence-electron chi connectivity index (χ2n) is 6.00. The van der Waals surface area contributed by atoms with Crippen LogP contribution in [0.5, 0.6) is 0 Å². The summed E-state index contributed by atoms with van der Waals surface area (Å²) in [5.74, 6) is -1.48. The highest BCUT2D eigenvalue weighted by atomic mass is 17.5. The van der Waals surface area contributed by atoms with Crippen LogP contribution in [0.25, 0.3) is 0 Å². The predicted molar refractivity (Wildman–Crippen MR) is 90.1 cm³/mol. The van der Waals surface area contributed by atoms with Gasteiger partial charge in [-0.3, -0.25) is 0 Å². The predicted octanol–water partition coefficient (Wildman–Crippen LogP) is 3.61. The van der Waals surface area contributed by atoms with E-state index >= 15 is 0 Å². The van der Waals surface area contributed by atoms with E-state index in [1.165, 1.54) is 0 Å². The maximum Gasteiger partial charge on any atom is 0.319 e. The normalized spacial score (nSPS) is 17.0. The zero-order valence-electron chi connectivity index (χ0n) is 16.4. The molecule has 0 amide bonds. The van der Waals surface area contributed by atoms with Crippen LogP contribution in [-0.4, -0.2) is 51.2 Å². The van der Waals surface area contributed by atoms with Gasteiger partial charge in [0.15, 0.2) is 0 Å². The Labute approximate surface area is 146 Å². The van der Waals surface area contributed by atoms with Gasteiger partial charge in [-0.05, 0) is 40.5 Å². The van der Waals surface area contributed by atoms with Crippen LogP contribution in [0.4, 0.5) is 0 Å². The molecular weight excluding hydrogens is 316 g/mol. The minimum Gasteiger partial charge on any atom is -0.381 e. The first-order valence-electron chi connectivity index (χ1n) is 8.83. The lowest BCUT2D eigenvalue weighted by Gasteiger charge is -2.44. The van der Waals surface area contributed by atoms with Crippen molar-refractivity contribution in [2.45, 2.75) is 78.5 Å². The molecule has 0 aromatic carbocycles. The first-order valence-corrected chi connectivity index (χ1v) is 8.83. The Hall–Kier alpha value is -0.280. The fourth-order valence-corrected chi connectivity index (χ4v) is 2.05. The third-order valence-electron chi connectivity index (χ3n) is 3.14. The molecule has 0 bridgehead atoms. The Morgan fingerprint density at radius 1 is 0.958 bits per heavy atom. The molecule has 0 heterocycles. The molecule has 2 unspecified atom stereocenters. The van der Waals surface area contributed by atoms with Crippen LogP contribution in [-0.2, 0) is 33.8 Å². The van der Waals surface area contributed by atoms with Crippen LogP contribution < -0.4 is 0 Å². The topological polar surface area (TPSA) is 64.6 Å². The Bertz CT molecular complexity index is 301. The molecule has 0 radical (unpaired) electrons. The summed E-state index contributed by atoms with van der Waals surface area (Å²) >= 11 is 0. The molecule has 0 aromatic heterocycles. The molecule has 7 nitrogen and oxygen atoms in total. The molecule has 0 rings (SSSR count). The maximum absolute atomic E-state index is 5.99. The second-order valence-corrected chi connectivity index (χ2v) is 6.00. The molecule has 0 saturated heterocycles. The Kier molecular flexibility index (Phi) is 12.8. The van der Waals surface area contributed by atoms with E-state index in [-0.39, 0.29) is 12.7 Å². The molecule has 0 aliphatic rings. The smallest absolute Gasteiger partial charge is 0.319 e. The molecule has 0 spiro atoms. The SMILES string of the molecule is CCCCOOOC(C)(COC)C(OCC)(OCCC)OC(C)C. The van der Waals surface area contributed by atoms with Crippen LogP contribution >= 0.6 is 0 Å². The van der Waals surface area contributed by atoms with Gasteiger partial charge in [-0.25, -0.2) is 4.89 Å². The molecule has 0 fully saturated rings. The fourth-order valence-electron chi connectivity index (χ4n) is 2.05. The van der Waals surface area contributed by atoms with Gasteiger partial charge in [-0.15, -0.1) is 0 Å². The van der Waals surface area contributed by atoms with Gasteiger partial charge >= 0.3 is 5.97 Å². The van der Waals surface area contributed by atoms with Gasteiger partial charge in [0.05, 0.1) is 25.9 Å². The van der Waals surface area contributed by atoms with Crippen LogP contribution in [0.3, 0.4) is 0 Å². The molecule has 0 aliphatic carbocycles. The van der Waals surface area contributed by atoms with Crippen molar-refractivity contribution in [1.82, 2.24) is 0 Å². The lowest BCUT2D eigenvalue weighted by molar-refractivity contribution is -0.589.